The molecule has 0 saturated carbocycles. The summed E-state index contributed by atoms with van der Waals surface area (Å²) in [6.07, 6.45) is 4.23. The second-order valence-electron chi connectivity index (χ2n) is 4.20. The van der Waals surface area contributed by atoms with Gasteiger partial charge in [0.2, 0.25) is 5.95 Å². The molecule has 0 unspecified atom stereocenters. The third kappa shape index (κ3) is 2.45. The summed E-state index contributed by atoms with van der Waals surface area (Å²) in [5.41, 5.74) is 1.19. The van der Waals surface area contributed by atoms with Crippen molar-refractivity contribution in [3.05, 3.63) is 18.0 Å². The zero-order valence-electron chi connectivity index (χ0n) is 9.40. The molecule has 4 nitrogen and oxygen atoms in total. The van der Waals surface area contributed by atoms with E-state index in [1.165, 1.54) is 18.5 Å². The van der Waals surface area contributed by atoms with Crippen LogP contribution in [0.25, 0.3) is 0 Å². The number of hydrogen-bond donors (Lipinski definition) is 1. The third-order valence-electron chi connectivity index (χ3n) is 2.82. The van der Waals surface area contributed by atoms with E-state index in [1.807, 2.05) is 31.3 Å². The lowest BCUT2D eigenvalue weighted by atomic mass is 9.94. The molecule has 1 saturated heterocycles. The Bertz CT molecular complexity index is 318. The van der Waals surface area contributed by atoms with Crippen molar-refractivity contribution in [1.29, 1.82) is 0 Å². The summed E-state index contributed by atoms with van der Waals surface area (Å²) in [5.74, 6) is 1.42. The molecule has 82 valence electrons. The van der Waals surface area contributed by atoms with E-state index >= 15 is 0 Å². The minimum atomic E-state index is 0.605. The number of aromatic nitrogens is 2. The highest BCUT2D eigenvalue weighted by molar-refractivity contribution is 5.28. The maximum atomic E-state index is 4.58. The molecule has 1 aromatic heterocycles. The minimum absolute atomic E-state index is 0.605. The van der Waals surface area contributed by atoms with Crippen LogP contribution in [0.4, 0.5) is 5.95 Å². The zero-order chi connectivity index (χ0) is 10.7. The van der Waals surface area contributed by atoms with Crippen LogP contribution < -0.4 is 10.2 Å². The van der Waals surface area contributed by atoms with Gasteiger partial charge in [-0.05, 0) is 32.0 Å². The number of anilines is 1. The molecular formula is C11H18N4. The molecule has 0 amide bonds. The van der Waals surface area contributed by atoms with Crippen LogP contribution in [-0.2, 0) is 0 Å². The van der Waals surface area contributed by atoms with E-state index in [1.54, 1.807) is 0 Å². The van der Waals surface area contributed by atoms with Gasteiger partial charge in [-0.2, -0.15) is 0 Å². The van der Waals surface area contributed by atoms with Gasteiger partial charge in [-0.1, -0.05) is 0 Å². The maximum Gasteiger partial charge on any atom is 0.224 e. The Balaban J connectivity index is 2.16. The number of nitrogens with zero attached hydrogens (tertiary/aromatic N) is 3. The molecule has 1 fully saturated rings. The van der Waals surface area contributed by atoms with Crippen LogP contribution in [0.2, 0.25) is 0 Å². The van der Waals surface area contributed by atoms with Crippen molar-refractivity contribution >= 4 is 5.95 Å². The van der Waals surface area contributed by atoms with Crippen LogP contribution in [0.3, 0.4) is 0 Å². The first-order valence-electron chi connectivity index (χ1n) is 5.48. The first-order valence-corrected chi connectivity index (χ1v) is 5.48. The van der Waals surface area contributed by atoms with Gasteiger partial charge in [0, 0.05) is 31.9 Å². The van der Waals surface area contributed by atoms with Gasteiger partial charge in [-0.25, -0.2) is 9.97 Å². The largest absolute Gasteiger partial charge is 0.347 e. The first-order chi connectivity index (χ1) is 7.27. The molecular weight excluding hydrogens is 188 g/mol. The smallest absolute Gasteiger partial charge is 0.224 e. The molecule has 2 heterocycles. The average Bonchev–Trinajstić information content (AvgIpc) is 2.30. The maximum absolute atomic E-state index is 4.58. The van der Waals surface area contributed by atoms with Crippen LogP contribution in [0.15, 0.2) is 12.3 Å². The third-order valence-corrected chi connectivity index (χ3v) is 2.82. The Morgan fingerprint density at radius 1 is 1.33 bits per heavy atom. The lowest BCUT2D eigenvalue weighted by Gasteiger charge is -2.22. The average molecular weight is 206 g/mol. The summed E-state index contributed by atoms with van der Waals surface area (Å²) >= 11 is 0. The molecule has 0 spiro atoms. The lowest BCUT2D eigenvalue weighted by Crippen LogP contribution is -2.27. The molecule has 4 heteroatoms. The molecule has 0 bridgehead atoms. The van der Waals surface area contributed by atoms with Crippen LogP contribution >= 0.6 is 0 Å². The van der Waals surface area contributed by atoms with Crippen LogP contribution in [-0.4, -0.2) is 37.2 Å². The van der Waals surface area contributed by atoms with Gasteiger partial charge in [0.25, 0.3) is 0 Å². The fourth-order valence-electron chi connectivity index (χ4n) is 1.92. The summed E-state index contributed by atoms with van der Waals surface area (Å²) in [7, 11) is 3.95. The summed E-state index contributed by atoms with van der Waals surface area (Å²) in [6.45, 7) is 2.21. The summed E-state index contributed by atoms with van der Waals surface area (Å²) < 4.78 is 0. The topological polar surface area (TPSA) is 41.1 Å². The molecule has 2 rings (SSSR count). The molecule has 1 N–H and O–H groups in total. The van der Waals surface area contributed by atoms with E-state index in [4.69, 9.17) is 0 Å². The molecule has 1 aliphatic rings. The van der Waals surface area contributed by atoms with Gasteiger partial charge in [-0.15, -0.1) is 0 Å². The lowest BCUT2D eigenvalue weighted by molar-refractivity contribution is 0.453. The molecule has 1 aromatic rings. The fourth-order valence-corrected chi connectivity index (χ4v) is 1.92. The van der Waals surface area contributed by atoms with Gasteiger partial charge >= 0.3 is 0 Å². The van der Waals surface area contributed by atoms with E-state index < -0.39 is 0 Å². The van der Waals surface area contributed by atoms with Crippen molar-refractivity contribution in [3.63, 3.8) is 0 Å². The Morgan fingerprint density at radius 2 is 2.07 bits per heavy atom. The standard InChI is InChI=1S/C11H18N4/c1-15(2)11-13-8-5-10(14-11)9-3-6-12-7-4-9/h5,8-9,12H,3-4,6-7H2,1-2H3. The van der Waals surface area contributed by atoms with Crippen LogP contribution in [0, 0.1) is 0 Å². The van der Waals surface area contributed by atoms with Crippen molar-refractivity contribution < 1.29 is 0 Å². The van der Waals surface area contributed by atoms with Crippen LogP contribution in [0.1, 0.15) is 24.5 Å². The number of hydrogen-bond acceptors (Lipinski definition) is 4. The Morgan fingerprint density at radius 3 is 2.73 bits per heavy atom. The second-order valence-corrected chi connectivity index (χ2v) is 4.20. The Labute approximate surface area is 90.7 Å². The fraction of sp³-hybridized carbons (Fsp3) is 0.636. The van der Waals surface area contributed by atoms with E-state index in [0.29, 0.717) is 5.92 Å². The SMILES string of the molecule is CN(C)c1nccc(C2CCNCC2)n1. The summed E-state index contributed by atoms with van der Waals surface area (Å²) in [5, 5.41) is 3.37. The van der Waals surface area contributed by atoms with Gasteiger partial charge < -0.3 is 10.2 Å². The summed E-state index contributed by atoms with van der Waals surface area (Å²) in [6, 6.07) is 2.04. The monoisotopic (exact) mass is 206 g/mol. The summed E-state index contributed by atoms with van der Waals surface area (Å²) in [4.78, 5) is 10.8. The highest BCUT2D eigenvalue weighted by Gasteiger charge is 2.16. The molecule has 0 radical (unpaired) electrons. The number of piperidine rings is 1. The van der Waals surface area contributed by atoms with Crippen molar-refractivity contribution in [1.82, 2.24) is 15.3 Å². The van der Waals surface area contributed by atoms with Gasteiger partial charge in [-0.3, -0.25) is 0 Å². The second kappa shape index (κ2) is 4.57. The first kappa shape index (κ1) is 10.4. The van der Waals surface area contributed by atoms with Crippen molar-refractivity contribution in [3.8, 4) is 0 Å². The molecule has 0 aromatic carbocycles. The molecule has 0 atom stereocenters. The number of rotatable bonds is 2. The van der Waals surface area contributed by atoms with E-state index in [-0.39, 0.29) is 0 Å². The minimum Gasteiger partial charge on any atom is -0.347 e. The Kier molecular flexibility index (Phi) is 3.16. The van der Waals surface area contributed by atoms with Gasteiger partial charge in [0.15, 0.2) is 0 Å². The van der Waals surface area contributed by atoms with Gasteiger partial charge in [0.1, 0.15) is 0 Å². The normalized spacial score (nSPS) is 17.7. The Hall–Kier alpha value is -1.16. The molecule has 0 aliphatic carbocycles. The highest BCUT2D eigenvalue weighted by atomic mass is 15.2. The van der Waals surface area contributed by atoms with Crippen molar-refractivity contribution in [2.24, 2.45) is 0 Å². The van der Waals surface area contributed by atoms with E-state index in [9.17, 15) is 0 Å². The van der Waals surface area contributed by atoms with Crippen LogP contribution in [0.5, 0.6) is 0 Å². The number of nitrogens with one attached hydrogen (secondary N) is 1. The molecule has 15 heavy (non-hydrogen) atoms. The van der Waals surface area contributed by atoms with Crippen molar-refractivity contribution in [2.45, 2.75) is 18.8 Å². The highest BCUT2D eigenvalue weighted by Crippen LogP contribution is 2.23. The van der Waals surface area contributed by atoms with E-state index in [0.717, 1.165) is 19.0 Å². The quantitative estimate of drug-likeness (QED) is 0.784. The van der Waals surface area contributed by atoms with Gasteiger partial charge in [0.05, 0.1) is 0 Å². The zero-order valence-corrected chi connectivity index (χ0v) is 9.40. The predicted octanol–water partition coefficient (Wildman–Crippen LogP) is 1.01. The molecule has 1 aliphatic heterocycles. The predicted molar refractivity (Wildman–Crippen MR) is 61.2 cm³/mol. The van der Waals surface area contributed by atoms with Crippen molar-refractivity contribution in [2.75, 3.05) is 32.1 Å². The van der Waals surface area contributed by atoms with E-state index in [2.05, 4.69) is 15.3 Å².